The van der Waals surface area contributed by atoms with E-state index in [1.807, 2.05) is 6.92 Å². The quantitative estimate of drug-likeness (QED) is 0.763. The van der Waals surface area contributed by atoms with Gasteiger partial charge in [-0.05, 0) is 20.3 Å². The molecule has 78 valence electrons. The predicted molar refractivity (Wildman–Crippen MR) is 53.1 cm³/mol. The number of carbonyl (C=O) groups excluding carboxylic acids is 1. The number of carbonyl (C=O) groups is 1. The van der Waals surface area contributed by atoms with E-state index in [1.54, 1.807) is 6.92 Å². The van der Waals surface area contributed by atoms with Crippen molar-refractivity contribution in [2.24, 2.45) is 0 Å². The van der Waals surface area contributed by atoms with Crippen LogP contribution in [0.2, 0.25) is 0 Å². The lowest BCUT2D eigenvalue weighted by Crippen LogP contribution is -2.34. The van der Waals surface area contributed by atoms with Gasteiger partial charge in [-0.25, -0.2) is 0 Å². The standard InChI is InChI=1S/C8H13N3O2S/c1-5(3-6(2)12)10-8(13)7-4-9-14-11-7/h4-6,12H,3H2,1-2H3,(H,10,13). The fourth-order valence-electron chi connectivity index (χ4n) is 1.13. The second kappa shape index (κ2) is 5.02. The first kappa shape index (κ1) is 11.1. The molecule has 0 aromatic carbocycles. The van der Waals surface area contributed by atoms with Gasteiger partial charge in [0.25, 0.3) is 5.91 Å². The summed E-state index contributed by atoms with van der Waals surface area (Å²) in [7, 11) is 0. The van der Waals surface area contributed by atoms with E-state index in [0.29, 0.717) is 12.1 Å². The lowest BCUT2D eigenvalue weighted by atomic mass is 10.1. The molecule has 0 spiro atoms. The Morgan fingerprint density at radius 1 is 1.71 bits per heavy atom. The highest BCUT2D eigenvalue weighted by molar-refractivity contribution is 6.99. The summed E-state index contributed by atoms with van der Waals surface area (Å²) < 4.78 is 7.54. The zero-order valence-electron chi connectivity index (χ0n) is 8.10. The zero-order valence-corrected chi connectivity index (χ0v) is 8.91. The molecular formula is C8H13N3O2S. The van der Waals surface area contributed by atoms with Gasteiger partial charge in [-0.3, -0.25) is 4.79 Å². The van der Waals surface area contributed by atoms with Crippen LogP contribution in [0.25, 0.3) is 0 Å². The molecule has 14 heavy (non-hydrogen) atoms. The highest BCUT2D eigenvalue weighted by Crippen LogP contribution is 2.00. The SMILES string of the molecule is CC(O)CC(C)NC(=O)c1cnsn1. The lowest BCUT2D eigenvalue weighted by Gasteiger charge is -2.14. The summed E-state index contributed by atoms with van der Waals surface area (Å²) in [6.07, 6.45) is 1.54. The van der Waals surface area contributed by atoms with Crippen LogP contribution in [0.4, 0.5) is 0 Å². The maximum Gasteiger partial charge on any atom is 0.272 e. The van der Waals surface area contributed by atoms with Gasteiger partial charge in [0, 0.05) is 6.04 Å². The number of aliphatic hydroxyl groups is 1. The fraction of sp³-hybridized carbons (Fsp3) is 0.625. The molecule has 2 N–H and O–H groups in total. The summed E-state index contributed by atoms with van der Waals surface area (Å²) in [6, 6.07) is -0.0656. The van der Waals surface area contributed by atoms with Crippen molar-refractivity contribution < 1.29 is 9.90 Å². The molecule has 5 nitrogen and oxygen atoms in total. The van der Waals surface area contributed by atoms with Crippen LogP contribution in [0, 0.1) is 0 Å². The molecule has 0 aliphatic carbocycles. The minimum atomic E-state index is -0.418. The lowest BCUT2D eigenvalue weighted by molar-refractivity contribution is 0.0919. The van der Waals surface area contributed by atoms with Gasteiger partial charge >= 0.3 is 0 Å². The Bertz CT molecular complexity index is 287. The zero-order chi connectivity index (χ0) is 10.6. The Balaban J connectivity index is 2.41. The van der Waals surface area contributed by atoms with Crippen LogP contribution in [0.5, 0.6) is 0 Å². The van der Waals surface area contributed by atoms with E-state index >= 15 is 0 Å². The number of nitrogens with one attached hydrogen (secondary N) is 1. The molecule has 0 aliphatic heterocycles. The van der Waals surface area contributed by atoms with Gasteiger partial charge in [0.05, 0.1) is 24.0 Å². The van der Waals surface area contributed by atoms with E-state index in [4.69, 9.17) is 5.11 Å². The van der Waals surface area contributed by atoms with Gasteiger partial charge in [-0.15, -0.1) is 0 Å². The van der Waals surface area contributed by atoms with E-state index in [1.165, 1.54) is 6.20 Å². The normalized spacial score (nSPS) is 14.8. The number of aliphatic hydroxyl groups excluding tert-OH is 1. The third-order valence-corrected chi connectivity index (χ3v) is 2.14. The molecular weight excluding hydrogens is 202 g/mol. The van der Waals surface area contributed by atoms with Gasteiger partial charge in [-0.2, -0.15) is 8.75 Å². The summed E-state index contributed by atoms with van der Waals surface area (Å²) in [5, 5.41) is 11.8. The first-order valence-corrected chi connectivity index (χ1v) is 5.09. The fourth-order valence-corrected chi connectivity index (χ4v) is 1.55. The number of hydrogen-bond acceptors (Lipinski definition) is 5. The van der Waals surface area contributed by atoms with E-state index in [-0.39, 0.29) is 11.9 Å². The van der Waals surface area contributed by atoms with Crippen LogP contribution in [0.1, 0.15) is 30.8 Å². The molecule has 2 unspecified atom stereocenters. The number of aromatic nitrogens is 2. The number of amides is 1. The van der Waals surface area contributed by atoms with Crippen LogP contribution >= 0.6 is 11.7 Å². The Kier molecular flexibility index (Phi) is 3.97. The summed E-state index contributed by atoms with van der Waals surface area (Å²) in [4.78, 5) is 11.4. The van der Waals surface area contributed by atoms with Crippen molar-refractivity contribution in [3.05, 3.63) is 11.9 Å². The molecule has 1 aromatic rings. The minimum absolute atomic E-state index is 0.0656. The van der Waals surface area contributed by atoms with E-state index in [9.17, 15) is 4.79 Å². The smallest absolute Gasteiger partial charge is 0.272 e. The van der Waals surface area contributed by atoms with Crippen molar-refractivity contribution in [2.45, 2.75) is 32.4 Å². The molecule has 2 atom stereocenters. The monoisotopic (exact) mass is 215 g/mol. The summed E-state index contributed by atoms with van der Waals surface area (Å²) in [6.45, 7) is 3.53. The molecule has 1 aromatic heterocycles. The van der Waals surface area contributed by atoms with Gasteiger partial charge in [-0.1, -0.05) is 0 Å². The van der Waals surface area contributed by atoms with Gasteiger partial charge < -0.3 is 10.4 Å². The Labute approximate surface area is 86.5 Å². The van der Waals surface area contributed by atoms with Crippen LogP contribution in [-0.2, 0) is 0 Å². The average Bonchev–Trinajstić information content (AvgIpc) is 2.53. The van der Waals surface area contributed by atoms with E-state index in [2.05, 4.69) is 14.1 Å². The van der Waals surface area contributed by atoms with E-state index < -0.39 is 6.10 Å². The molecule has 0 bridgehead atoms. The number of rotatable bonds is 4. The molecule has 0 saturated carbocycles. The van der Waals surface area contributed by atoms with Crippen molar-refractivity contribution in [1.82, 2.24) is 14.1 Å². The molecule has 1 heterocycles. The highest BCUT2D eigenvalue weighted by atomic mass is 32.1. The number of nitrogens with zero attached hydrogens (tertiary/aromatic N) is 2. The predicted octanol–water partition coefficient (Wildman–Crippen LogP) is 0.427. The maximum absolute atomic E-state index is 11.4. The highest BCUT2D eigenvalue weighted by Gasteiger charge is 2.13. The third-order valence-electron chi connectivity index (χ3n) is 1.67. The van der Waals surface area contributed by atoms with Crippen molar-refractivity contribution in [3.8, 4) is 0 Å². The third kappa shape index (κ3) is 3.39. The van der Waals surface area contributed by atoms with Crippen LogP contribution in [0.15, 0.2) is 6.20 Å². The second-order valence-electron chi connectivity index (χ2n) is 3.25. The Morgan fingerprint density at radius 2 is 2.43 bits per heavy atom. The van der Waals surface area contributed by atoms with Gasteiger partial charge in [0.1, 0.15) is 0 Å². The van der Waals surface area contributed by atoms with Crippen LogP contribution < -0.4 is 5.32 Å². The summed E-state index contributed by atoms with van der Waals surface area (Å²) in [5.74, 6) is -0.244. The molecule has 1 rings (SSSR count). The summed E-state index contributed by atoms with van der Waals surface area (Å²) >= 11 is 0.999. The molecule has 0 aliphatic rings. The Morgan fingerprint density at radius 3 is 2.93 bits per heavy atom. The topological polar surface area (TPSA) is 75.1 Å². The largest absolute Gasteiger partial charge is 0.393 e. The van der Waals surface area contributed by atoms with Crippen molar-refractivity contribution in [2.75, 3.05) is 0 Å². The maximum atomic E-state index is 11.4. The van der Waals surface area contributed by atoms with Crippen molar-refractivity contribution in [3.63, 3.8) is 0 Å². The Hall–Kier alpha value is -1.01. The average molecular weight is 215 g/mol. The first-order valence-electron chi connectivity index (χ1n) is 4.36. The summed E-state index contributed by atoms with van der Waals surface area (Å²) in [5.41, 5.74) is 0.326. The van der Waals surface area contributed by atoms with Crippen molar-refractivity contribution >= 4 is 17.6 Å². The molecule has 0 saturated heterocycles. The van der Waals surface area contributed by atoms with Gasteiger partial charge in [0.2, 0.25) is 0 Å². The van der Waals surface area contributed by atoms with Crippen LogP contribution in [0.3, 0.4) is 0 Å². The molecule has 1 amide bonds. The second-order valence-corrected chi connectivity index (χ2v) is 3.81. The van der Waals surface area contributed by atoms with Crippen molar-refractivity contribution in [1.29, 1.82) is 0 Å². The first-order chi connectivity index (χ1) is 6.59. The number of hydrogen-bond donors (Lipinski definition) is 2. The van der Waals surface area contributed by atoms with E-state index in [0.717, 1.165) is 11.7 Å². The minimum Gasteiger partial charge on any atom is -0.393 e. The van der Waals surface area contributed by atoms with Crippen LogP contribution in [-0.4, -0.2) is 31.9 Å². The molecule has 0 radical (unpaired) electrons. The molecule has 0 fully saturated rings. The van der Waals surface area contributed by atoms with Gasteiger partial charge in [0.15, 0.2) is 5.69 Å². The molecule has 6 heteroatoms.